The van der Waals surface area contributed by atoms with E-state index in [-0.39, 0.29) is 24.1 Å². The van der Waals surface area contributed by atoms with Crippen molar-refractivity contribution in [2.75, 3.05) is 39.6 Å². The summed E-state index contributed by atoms with van der Waals surface area (Å²) in [4.78, 5) is 28.2. The van der Waals surface area contributed by atoms with Crippen LogP contribution in [0.1, 0.15) is 25.8 Å². The van der Waals surface area contributed by atoms with Gasteiger partial charge in [0.1, 0.15) is 0 Å². The molecular formula is C20H32N4O3. The summed E-state index contributed by atoms with van der Waals surface area (Å²) in [5, 5.41) is 5.96. The molecule has 2 atom stereocenters. The van der Waals surface area contributed by atoms with Crippen LogP contribution in [0.4, 0.5) is 10.5 Å². The Morgan fingerprint density at radius 1 is 1.26 bits per heavy atom. The molecule has 2 rings (SSSR count). The first kappa shape index (κ1) is 21.2. The number of likely N-dealkylation sites (tertiary alicyclic amines) is 1. The summed E-state index contributed by atoms with van der Waals surface area (Å²) in [6.07, 6.45) is 0.968. The first-order chi connectivity index (χ1) is 12.8. The van der Waals surface area contributed by atoms with Gasteiger partial charge in [-0.3, -0.25) is 9.69 Å². The highest BCUT2D eigenvalue weighted by Gasteiger charge is 2.35. The molecule has 2 N–H and O–H groups in total. The molecule has 2 unspecified atom stereocenters. The Morgan fingerprint density at radius 2 is 1.96 bits per heavy atom. The summed E-state index contributed by atoms with van der Waals surface area (Å²) in [5.41, 5.74) is 1.68. The lowest BCUT2D eigenvalue weighted by Crippen LogP contribution is -2.45. The highest BCUT2D eigenvalue weighted by Crippen LogP contribution is 2.19. The Balaban J connectivity index is 1.96. The van der Waals surface area contributed by atoms with Gasteiger partial charge in [0, 0.05) is 52.4 Å². The average Bonchev–Trinajstić information content (AvgIpc) is 3.03. The van der Waals surface area contributed by atoms with Crippen LogP contribution in [0.3, 0.4) is 0 Å². The molecule has 1 aromatic carbocycles. The van der Waals surface area contributed by atoms with Crippen molar-refractivity contribution in [2.45, 2.75) is 44.9 Å². The molecule has 0 radical (unpaired) electrons. The maximum Gasteiger partial charge on any atom is 0.319 e. The number of hydrogen-bond acceptors (Lipinski definition) is 4. The number of carbonyl (C=O) groups excluding carboxylic acids is 2. The zero-order valence-electron chi connectivity index (χ0n) is 17.0. The zero-order chi connectivity index (χ0) is 20.0. The van der Waals surface area contributed by atoms with Gasteiger partial charge in [0.25, 0.3) is 0 Å². The SMILES string of the molecule is COC1CN(C(C)C)CC1NC(=O)Nc1ccccc1CCC(=O)N(C)C. The van der Waals surface area contributed by atoms with E-state index in [1.165, 1.54) is 0 Å². The number of hydrogen-bond donors (Lipinski definition) is 2. The summed E-state index contributed by atoms with van der Waals surface area (Å²) in [6.45, 7) is 5.85. The monoisotopic (exact) mass is 376 g/mol. The van der Waals surface area contributed by atoms with Crippen molar-refractivity contribution < 1.29 is 14.3 Å². The second-order valence-electron chi connectivity index (χ2n) is 7.47. The largest absolute Gasteiger partial charge is 0.378 e. The van der Waals surface area contributed by atoms with Gasteiger partial charge in [-0.2, -0.15) is 0 Å². The Morgan fingerprint density at radius 3 is 2.59 bits per heavy atom. The van der Waals surface area contributed by atoms with Crippen molar-refractivity contribution in [1.82, 2.24) is 15.1 Å². The maximum atomic E-state index is 12.5. The predicted octanol–water partition coefficient (Wildman–Crippen LogP) is 1.94. The van der Waals surface area contributed by atoms with Crippen molar-refractivity contribution >= 4 is 17.6 Å². The van der Waals surface area contributed by atoms with Crippen molar-refractivity contribution in [3.8, 4) is 0 Å². The van der Waals surface area contributed by atoms with Crippen LogP contribution < -0.4 is 10.6 Å². The molecule has 1 aromatic rings. The number of urea groups is 1. The predicted molar refractivity (Wildman–Crippen MR) is 107 cm³/mol. The van der Waals surface area contributed by atoms with E-state index in [2.05, 4.69) is 29.4 Å². The Labute approximate surface area is 162 Å². The molecule has 27 heavy (non-hydrogen) atoms. The van der Waals surface area contributed by atoms with Crippen LogP contribution in [-0.4, -0.2) is 74.2 Å². The van der Waals surface area contributed by atoms with Gasteiger partial charge in [-0.1, -0.05) is 18.2 Å². The van der Waals surface area contributed by atoms with Gasteiger partial charge in [0.15, 0.2) is 0 Å². The fourth-order valence-electron chi connectivity index (χ4n) is 3.25. The van der Waals surface area contributed by atoms with Crippen molar-refractivity contribution in [2.24, 2.45) is 0 Å². The summed E-state index contributed by atoms with van der Waals surface area (Å²) in [7, 11) is 5.17. The number of methoxy groups -OCH3 is 1. The number of amides is 3. The lowest BCUT2D eigenvalue weighted by atomic mass is 10.1. The third-order valence-corrected chi connectivity index (χ3v) is 5.02. The molecule has 1 heterocycles. The third-order valence-electron chi connectivity index (χ3n) is 5.02. The molecule has 1 aliphatic heterocycles. The molecule has 1 saturated heterocycles. The number of nitrogens with zero attached hydrogens (tertiary/aromatic N) is 2. The minimum atomic E-state index is -0.251. The maximum absolute atomic E-state index is 12.5. The minimum absolute atomic E-state index is 0.0221. The smallest absolute Gasteiger partial charge is 0.319 e. The number of para-hydroxylation sites is 1. The van der Waals surface area contributed by atoms with Gasteiger partial charge in [-0.05, 0) is 31.9 Å². The van der Waals surface area contributed by atoms with E-state index in [1.807, 2.05) is 24.3 Å². The molecule has 0 saturated carbocycles. The summed E-state index contributed by atoms with van der Waals surface area (Å²) < 4.78 is 5.54. The quantitative estimate of drug-likeness (QED) is 0.763. The van der Waals surface area contributed by atoms with Gasteiger partial charge in [-0.15, -0.1) is 0 Å². The van der Waals surface area contributed by atoms with Crippen molar-refractivity contribution in [3.05, 3.63) is 29.8 Å². The lowest BCUT2D eigenvalue weighted by molar-refractivity contribution is -0.128. The Bertz CT molecular complexity index is 648. The zero-order valence-corrected chi connectivity index (χ0v) is 17.0. The van der Waals surface area contributed by atoms with E-state index in [1.54, 1.807) is 26.1 Å². The van der Waals surface area contributed by atoms with E-state index in [0.29, 0.717) is 18.9 Å². The molecule has 0 aliphatic carbocycles. The van der Waals surface area contributed by atoms with E-state index >= 15 is 0 Å². The van der Waals surface area contributed by atoms with Crippen LogP contribution in [0.25, 0.3) is 0 Å². The number of aryl methyl sites for hydroxylation is 1. The van der Waals surface area contributed by atoms with E-state index in [4.69, 9.17) is 4.74 Å². The van der Waals surface area contributed by atoms with E-state index in [0.717, 1.165) is 24.3 Å². The van der Waals surface area contributed by atoms with Gasteiger partial charge < -0.3 is 20.3 Å². The first-order valence-electron chi connectivity index (χ1n) is 9.44. The molecule has 0 aromatic heterocycles. The van der Waals surface area contributed by atoms with E-state index < -0.39 is 0 Å². The summed E-state index contributed by atoms with van der Waals surface area (Å²) >= 11 is 0. The van der Waals surface area contributed by atoms with Gasteiger partial charge >= 0.3 is 6.03 Å². The highest BCUT2D eigenvalue weighted by molar-refractivity contribution is 5.90. The first-order valence-corrected chi connectivity index (χ1v) is 9.44. The third kappa shape index (κ3) is 5.94. The van der Waals surface area contributed by atoms with Crippen LogP contribution in [0, 0.1) is 0 Å². The van der Waals surface area contributed by atoms with Gasteiger partial charge in [-0.25, -0.2) is 4.79 Å². The molecule has 3 amide bonds. The van der Waals surface area contributed by atoms with Crippen LogP contribution in [0.2, 0.25) is 0 Å². The highest BCUT2D eigenvalue weighted by atomic mass is 16.5. The summed E-state index contributed by atoms with van der Waals surface area (Å²) in [5.74, 6) is 0.0666. The topological polar surface area (TPSA) is 73.9 Å². The lowest BCUT2D eigenvalue weighted by Gasteiger charge is -2.20. The second kappa shape index (κ2) is 9.71. The minimum Gasteiger partial charge on any atom is -0.378 e. The van der Waals surface area contributed by atoms with Gasteiger partial charge in [0.2, 0.25) is 5.91 Å². The fourth-order valence-corrected chi connectivity index (χ4v) is 3.25. The number of ether oxygens (including phenoxy) is 1. The van der Waals surface area contributed by atoms with Crippen molar-refractivity contribution in [3.63, 3.8) is 0 Å². The fraction of sp³-hybridized carbons (Fsp3) is 0.600. The van der Waals surface area contributed by atoms with Crippen LogP contribution in [0.5, 0.6) is 0 Å². The van der Waals surface area contributed by atoms with E-state index in [9.17, 15) is 9.59 Å². The molecule has 150 valence electrons. The van der Waals surface area contributed by atoms with Crippen molar-refractivity contribution in [1.29, 1.82) is 0 Å². The summed E-state index contributed by atoms with van der Waals surface area (Å²) in [6, 6.07) is 7.69. The second-order valence-corrected chi connectivity index (χ2v) is 7.47. The standard InChI is InChI=1S/C20H32N4O3/c1-14(2)24-12-17(18(13-24)27-5)22-20(26)21-16-9-7-6-8-15(16)10-11-19(25)23(3)4/h6-9,14,17-18H,10-13H2,1-5H3,(H2,21,22,26). The van der Waals surface area contributed by atoms with Crippen LogP contribution in [-0.2, 0) is 16.0 Å². The number of rotatable bonds is 7. The normalized spacial score (nSPS) is 19.9. The number of carbonyl (C=O) groups is 2. The Hall–Kier alpha value is -2.12. The molecule has 7 nitrogen and oxygen atoms in total. The number of benzene rings is 1. The van der Waals surface area contributed by atoms with Crippen LogP contribution in [0.15, 0.2) is 24.3 Å². The molecule has 0 bridgehead atoms. The Kier molecular flexibility index (Phi) is 7.62. The molecule has 1 fully saturated rings. The molecule has 1 aliphatic rings. The molecule has 0 spiro atoms. The number of anilines is 1. The molecule has 7 heteroatoms. The number of nitrogens with one attached hydrogen (secondary N) is 2. The van der Waals surface area contributed by atoms with Gasteiger partial charge in [0.05, 0.1) is 12.1 Å². The molecular weight excluding hydrogens is 344 g/mol. The average molecular weight is 377 g/mol. The van der Waals surface area contributed by atoms with Crippen LogP contribution >= 0.6 is 0 Å².